The van der Waals surface area contributed by atoms with Gasteiger partial charge in [-0.05, 0) is 31.0 Å². The van der Waals surface area contributed by atoms with E-state index in [1.165, 1.54) is 7.11 Å². The number of benzene rings is 1. The highest BCUT2D eigenvalue weighted by Gasteiger charge is 2.14. The molecule has 5 nitrogen and oxygen atoms in total. The smallest absolute Gasteiger partial charge is 0.260 e. The second-order valence-electron chi connectivity index (χ2n) is 4.17. The molecule has 2 aromatic rings. The van der Waals surface area contributed by atoms with Crippen molar-refractivity contribution in [2.45, 2.75) is 20.3 Å². The van der Waals surface area contributed by atoms with Gasteiger partial charge in [-0.2, -0.15) is 0 Å². The van der Waals surface area contributed by atoms with Crippen LogP contribution in [0.4, 0.5) is 5.82 Å². The van der Waals surface area contributed by atoms with Crippen molar-refractivity contribution in [3.8, 4) is 5.75 Å². The van der Waals surface area contributed by atoms with Crippen LogP contribution in [-0.4, -0.2) is 18.2 Å². The monoisotopic (exact) mass is 260 g/mol. The maximum atomic E-state index is 12.2. The summed E-state index contributed by atoms with van der Waals surface area (Å²) in [5, 5.41) is 6.41. The Morgan fingerprint density at radius 1 is 1.42 bits per heavy atom. The van der Waals surface area contributed by atoms with E-state index in [1.54, 1.807) is 19.1 Å². The second kappa shape index (κ2) is 5.56. The SMILES string of the molecule is CCc1ccc(OC)c(C(=O)Nc2cc(C)on2)c1. The average Bonchev–Trinajstić information content (AvgIpc) is 2.83. The molecule has 1 N–H and O–H groups in total. The molecule has 0 spiro atoms. The molecule has 1 heterocycles. The molecular formula is C14H16N2O3. The van der Waals surface area contributed by atoms with Gasteiger partial charge in [0.25, 0.3) is 5.91 Å². The molecule has 0 bridgehead atoms. The lowest BCUT2D eigenvalue weighted by atomic mass is 10.1. The third-order valence-corrected chi connectivity index (χ3v) is 2.79. The van der Waals surface area contributed by atoms with Crippen LogP contribution in [0.1, 0.15) is 28.6 Å². The van der Waals surface area contributed by atoms with Gasteiger partial charge in [0.15, 0.2) is 5.82 Å². The zero-order valence-corrected chi connectivity index (χ0v) is 11.2. The fraction of sp³-hybridized carbons (Fsp3) is 0.286. The van der Waals surface area contributed by atoms with Crippen LogP contribution in [0.15, 0.2) is 28.8 Å². The first-order valence-corrected chi connectivity index (χ1v) is 6.05. The topological polar surface area (TPSA) is 64.4 Å². The highest BCUT2D eigenvalue weighted by molar-refractivity contribution is 6.05. The summed E-state index contributed by atoms with van der Waals surface area (Å²) in [5.41, 5.74) is 1.56. The predicted octanol–water partition coefficient (Wildman–Crippen LogP) is 2.81. The molecule has 0 unspecified atom stereocenters. The summed E-state index contributed by atoms with van der Waals surface area (Å²) in [6, 6.07) is 7.22. The second-order valence-corrected chi connectivity index (χ2v) is 4.17. The first-order chi connectivity index (χ1) is 9.13. The minimum atomic E-state index is -0.263. The van der Waals surface area contributed by atoms with E-state index in [1.807, 2.05) is 19.1 Å². The number of methoxy groups -OCH3 is 1. The third kappa shape index (κ3) is 2.93. The number of rotatable bonds is 4. The Hall–Kier alpha value is -2.30. The van der Waals surface area contributed by atoms with Crippen molar-refractivity contribution in [3.05, 3.63) is 41.2 Å². The van der Waals surface area contributed by atoms with Crippen LogP contribution in [0, 0.1) is 6.92 Å². The van der Waals surface area contributed by atoms with Crippen LogP contribution in [-0.2, 0) is 6.42 Å². The number of nitrogens with one attached hydrogen (secondary N) is 1. The summed E-state index contributed by atoms with van der Waals surface area (Å²) in [7, 11) is 1.54. The molecule has 5 heteroatoms. The average molecular weight is 260 g/mol. The quantitative estimate of drug-likeness (QED) is 0.918. The lowest BCUT2D eigenvalue weighted by Gasteiger charge is -2.09. The highest BCUT2D eigenvalue weighted by atomic mass is 16.5. The van der Waals surface area contributed by atoms with Crippen molar-refractivity contribution < 1.29 is 14.1 Å². The summed E-state index contributed by atoms with van der Waals surface area (Å²) in [4.78, 5) is 12.2. The van der Waals surface area contributed by atoms with E-state index in [0.717, 1.165) is 12.0 Å². The molecule has 1 aromatic carbocycles. The maximum absolute atomic E-state index is 12.2. The van der Waals surface area contributed by atoms with E-state index in [0.29, 0.717) is 22.9 Å². The molecule has 0 saturated carbocycles. The largest absolute Gasteiger partial charge is 0.496 e. The van der Waals surface area contributed by atoms with Crippen LogP contribution in [0.3, 0.4) is 0 Å². The predicted molar refractivity (Wildman–Crippen MR) is 71.6 cm³/mol. The molecule has 1 aromatic heterocycles. The number of ether oxygens (including phenoxy) is 1. The van der Waals surface area contributed by atoms with Crippen molar-refractivity contribution in [2.75, 3.05) is 12.4 Å². The van der Waals surface area contributed by atoms with Gasteiger partial charge < -0.3 is 14.6 Å². The molecule has 0 saturated heterocycles. The highest BCUT2D eigenvalue weighted by Crippen LogP contribution is 2.21. The van der Waals surface area contributed by atoms with Crippen molar-refractivity contribution in [3.63, 3.8) is 0 Å². The first-order valence-electron chi connectivity index (χ1n) is 6.05. The fourth-order valence-electron chi connectivity index (χ4n) is 1.76. The minimum absolute atomic E-state index is 0.263. The number of carbonyl (C=O) groups is 1. The van der Waals surface area contributed by atoms with Gasteiger partial charge in [-0.25, -0.2) is 0 Å². The summed E-state index contributed by atoms with van der Waals surface area (Å²) >= 11 is 0. The number of carbonyl (C=O) groups excluding carboxylic acids is 1. The maximum Gasteiger partial charge on any atom is 0.260 e. The molecule has 0 aliphatic carbocycles. The zero-order valence-electron chi connectivity index (χ0n) is 11.2. The number of aromatic nitrogens is 1. The molecule has 100 valence electrons. The number of hydrogen-bond acceptors (Lipinski definition) is 4. The van der Waals surface area contributed by atoms with Crippen molar-refractivity contribution in [1.82, 2.24) is 5.16 Å². The van der Waals surface area contributed by atoms with E-state index < -0.39 is 0 Å². The molecule has 1 amide bonds. The van der Waals surface area contributed by atoms with Crippen LogP contribution < -0.4 is 10.1 Å². The van der Waals surface area contributed by atoms with Gasteiger partial charge in [0, 0.05) is 6.07 Å². The summed E-state index contributed by atoms with van der Waals surface area (Å²) in [6.07, 6.45) is 0.855. The third-order valence-electron chi connectivity index (χ3n) is 2.79. The molecule has 0 fully saturated rings. The molecule has 2 rings (SSSR count). The van der Waals surface area contributed by atoms with E-state index in [9.17, 15) is 4.79 Å². The number of amides is 1. The number of hydrogen-bond donors (Lipinski definition) is 1. The lowest BCUT2D eigenvalue weighted by molar-refractivity contribution is 0.102. The van der Waals surface area contributed by atoms with Crippen LogP contribution in [0.25, 0.3) is 0 Å². The lowest BCUT2D eigenvalue weighted by Crippen LogP contribution is -2.13. The van der Waals surface area contributed by atoms with Gasteiger partial charge in [-0.3, -0.25) is 4.79 Å². The molecule has 0 aliphatic rings. The van der Waals surface area contributed by atoms with E-state index in [-0.39, 0.29) is 5.91 Å². The minimum Gasteiger partial charge on any atom is -0.496 e. The van der Waals surface area contributed by atoms with Crippen molar-refractivity contribution in [2.24, 2.45) is 0 Å². The molecule has 0 aliphatic heterocycles. The van der Waals surface area contributed by atoms with Crippen molar-refractivity contribution >= 4 is 11.7 Å². The van der Waals surface area contributed by atoms with Gasteiger partial charge >= 0.3 is 0 Å². The summed E-state index contributed by atoms with van der Waals surface area (Å²) in [6.45, 7) is 3.80. The molecule has 19 heavy (non-hydrogen) atoms. The Morgan fingerprint density at radius 3 is 2.79 bits per heavy atom. The van der Waals surface area contributed by atoms with E-state index in [2.05, 4.69) is 10.5 Å². The Labute approximate surface area is 111 Å². The van der Waals surface area contributed by atoms with Crippen molar-refractivity contribution in [1.29, 1.82) is 0 Å². The van der Waals surface area contributed by atoms with Gasteiger partial charge in [0.2, 0.25) is 0 Å². The number of aryl methyl sites for hydroxylation is 2. The molecule has 0 atom stereocenters. The Kier molecular flexibility index (Phi) is 3.85. The fourth-order valence-corrected chi connectivity index (χ4v) is 1.76. The molecular weight excluding hydrogens is 244 g/mol. The van der Waals surface area contributed by atoms with Gasteiger partial charge in [0.05, 0.1) is 12.7 Å². The van der Waals surface area contributed by atoms with E-state index >= 15 is 0 Å². The first kappa shape index (κ1) is 13.1. The summed E-state index contributed by atoms with van der Waals surface area (Å²) < 4.78 is 10.1. The standard InChI is InChI=1S/C14H16N2O3/c1-4-10-5-6-12(18-3)11(8-10)14(17)15-13-7-9(2)19-16-13/h5-8H,4H2,1-3H3,(H,15,16,17). The van der Waals surface area contributed by atoms with Crippen LogP contribution >= 0.6 is 0 Å². The van der Waals surface area contributed by atoms with Gasteiger partial charge in [0.1, 0.15) is 11.5 Å². The van der Waals surface area contributed by atoms with Gasteiger partial charge in [-0.1, -0.05) is 18.1 Å². The normalized spacial score (nSPS) is 10.3. The Bertz CT molecular complexity index is 590. The van der Waals surface area contributed by atoms with Crippen LogP contribution in [0.2, 0.25) is 0 Å². The Morgan fingerprint density at radius 2 is 2.21 bits per heavy atom. The molecule has 0 radical (unpaired) electrons. The summed E-state index contributed by atoms with van der Waals surface area (Å²) in [5.74, 6) is 1.31. The van der Waals surface area contributed by atoms with Crippen LogP contribution in [0.5, 0.6) is 5.75 Å². The number of anilines is 1. The van der Waals surface area contributed by atoms with E-state index in [4.69, 9.17) is 9.26 Å². The van der Waals surface area contributed by atoms with Gasteiger partial charge in [-0.15, -0.1) is 0 Å². The zero-order chi connectivity index (χ0) is 13.8. The Balaban J connectivity index is 2.26. The number of nitrogens with zero attached hydrogens (tertiary/aromatic N) is 1.